The zero-order valence-corrected chi connectivity index (χ0v) is 12.7. The molecule has 0 atom stereocenters. The third-order valence-electron chi connectivity index (χ3n) is 3.76. The van der Waals surface area contributed by atoms with Gasteiger partial charge in [-0.05, 0) is 12.5 Å². The molecule has 0 aliphatic carbocycles. The van der Waals surface area contributed by atoms with Gasteiger partial charge in [0, 0.05) is 46.4 Å². The van der Waals surface area contributed by atoms with Crippen LogP contribution in [0.15, 0.2) is 35.9 Å². The fourth-order valence-corrected chi connectivity index (χ4v) is 2.62. The topological polar surface area (TPSA) is 15.7 Å². The number of hydrogen-bond acceptors (Lipinski definition) is 3. The van der Waals surface area contributed by atoms with E-state index in [9.17, 15) is 0 Å². The van der Waals surface area contributed by atoms with Crippen LogP contribution >= 0.6 is 0 Å². The molecule has 1 aliphatic heterocycles. The number of piperazine rings is 1. The van der Waals surface area contributed by atoms with Crippen LogP contribution in [0.1, 0.15) is 12.5 Å². The van der Waals surface area contributed by atoms with Gasteiger partial charge in [0.15, 0.2) is 0 Å². The molecule has 1 aliphatic rings. The molecule has 0 N–H and O–H groups in total. The van der Waals surface area contributed by atoms with E-state index in [4.69, 9.17) is 4.74 Å². The Morgan fingerprint density at radius 1 is 1.10 bits per heavy atom. The standard InChI is InChI=1S/C17H26N2O/c1-16(14-17-6-4-3-5-7-17)15-19-10-8-18(9-11-19)12-13-20-2/h3-7,14H,8-13,15H2,1-2H3/b16-14+. The third kappa shape index (κ3) is 5.08. The number of methoxy groups -OCH3 is 1. The fraction of sp³-hybridized carbons (Fsp3) is 0.529. The van der Waals surface area contributed by atoms with Crippen molar-refractivity contribution in [3.05, 3.63) is 41.5 Å². The molecule has 110 valence electrons. The van der Waals surface area contributed by atoms with Crippen LogP contribution < -0.4 is 0 Å². The molecule has 2 rings (SSSR count). The van der Waals surface area contributed by atoms with Crippen molar-refractivity contribution in [2.24, 2.45) is 0 Å². The van der Waals surface area contributed by atoms with Crippen molar-refractivity contribution >= 4 is 6.08 Å². The Morgan fingerprint density at radius 2 is 1.75 bits per heavy atom. The number of benzene rings is 1. The molecule has 1 aromatic carbocycles. The predicted molar refractivity (Wildman–Crippen MR) is 84.8 cm³/mol. The van der Waals surface area contributed by atoms with Crippen LogP contribution in [0.4, 0.5) is 0 Å². The highest BCUT2D eigenvalue weighted by atomic mass is 16.5. The summed E-state index contributed by atoms with van der Waals surface area (Å²) >= 11 is 0. The van der Waals surface area contributed by atoms with Crippen molar-refractivity contribution in [2.45, 2.75) is 6.92 Å². The molecule has 0 amide bonds. The maximum atomic E-state index is 5.14. The van der Waals surface area contributed by atoms with Crippen LogP contribution in [0.3, 0.4) is 0 Å². The van der Waals surface area contributed by atoms with E-state index in [2.05, 4.69) is 53.1 Å². The number of hydrogen-bond donors (Lipinski definition) is 0. The lowest BCUT2D eigenvalue weighted by Crippen LogP contribution is -2.47. The molecule has 0 unspecified atom stereocenters. The van der Waals surface area contributed by atoms with Crippen LogP contribution in [0.25, 0.3) is 6.08 Å². The van der Waals surface area contributed by atoms with Crippen LogP contribution in [-0.4, -0.2) is 62.8 Å². The summed E-state index contributed by atoms with van der Waals surface area (Å²) in [5.41, 5.74) is 2.73. The number of nitrogens with zero attached hydrogens (tertiary/aromatic N) is 2. The zero-order valence-electron chi connectivity index (χ0n) is 12.7. The van der Waals surface area contributed by atoms with Gasteiger partial charge in [0.05, 0.1) is 6.61 Å². The summed E-state index contributed by atoms with van der Waals surface area (Å²) in [4.78, 5) is 5.02. The summed E-state index contributed by atoms with van der Waals surface area (Å²) < 4.78 is 5.14. The van der Waals surface area contributed by atoms with Gasteiger partial charge >= 0.3 is 0 Å². The number of ether oxygens (including phenoxy) is 1. The molecule has 0 saturated carbocycles. The summed E-state index contributed by atoms with van der Waals surface area (Å²) in [5.74, 6) is 0. The molecule has 0 aromatic heterocycles. The van der Waals surface area contributed by atoms with E-state index < -0.39 is 0 Å². The van der Waals surface area contributed by atoms with Crippen LogP contribution in [0, 0.1) is 0 Å². The monoisotopic (exact) mass is 274 g/mol. The van der Waals surface area contributed by atoms with E-state index in [-0.39, 0.29) is 0 Å². The second-order valence-corrected chi connectivity index (χ2v) is 5.51. The van der Waals surface area contributed by atoms with Gasteiger partial charge in [-0.25, -0.2) is 0 Å². The van der Waals surface area contributed by atoms with Crippen molar-refractivity contribution in [1.82, 2.24) is 9.80 Å². The van der Waals surface area contributed by atoms with Gasteiger partial charge in [0.2, 0.25) is 0 Å². The SMILES string of the molecule is COCCN1CCN(C/C(C)=C/c2ccccc2)CC1. The highest BCUT2D eigenvalue weighted by molar-refractivity contribution is 5.52. The molecule has 1 fully saturated rings. The summed E-state index contributed by atoms with van der Waals surface area (Å²) in [7, 11) is 1.77. The molecule has 3 nitrogen and oxygen atoms in total. The van der Waals surface area contributed by atoms with Gasteiger partial charge in [-0.2, -0.15) is 0 Å². The Labute approximate surface area is 122 Å². The first-order valence-electron chi connectivity index (χ1n) is 7.44. The Morgan fingerprint density at radius 3 is 2.40 bits per heavy atom. The summed E-state index contributed by atoms with van der Waals surface area (Å²) in [6.07, 6.45) is 2.29. The highest BCUT2D eigenvalue weighted by Crippen LogP contribution is 2.09. The van der Waals surface area contributed by atoms with Gasteiger partial charge in [0.25, 0.3) is 0 Å². The lowest BCUT2D eigenvalue weighted by molar-refractivity contribution is 0.101. The molecule has 1 aromatic rings. The van der Waals surface area contributed by atoms with E-state index in [1.165, 1.54) is 11.1 Å². The maximum absolute atomic E-state index is 5.14. The second kappa shape index (κ2) is 8.20. The van der Waals surface area contributed by atoms with Crippen molar-refractivity contribution in [3.8, 4) is 0 Å². The zero-order chi connectivity index (χ0) is 14.2. The van der Waals surface area contributed by atoms with Gasteiger partial charge in [-0.15, -0.1) is 0 Å². The van der Waals surface area contributed by atoms with E-state index >= 15 is 0 Å². The molecule has 0 radical (unpaired) electrons. The molecule has 0 bridgehead atoms. The molecule has 1 heterocycles. The second-order valence-electron chi connectivity index (χ2n) is 5.51. The van der Waals surface area contributed by atoms with E-state index in [0.717, 1.165) is 45.9 Å². The van der Waals surface area contributed by atoms with Gasteiger partial charge in [0.1, 0.15) is 0 Å². The Bertz CT molecular complexity index is 408. The van der Waals surface area contributed by atoms with E-state index in [0.29, 0.717) is 0 Å². The molecule has 1 saturated heterocycles. The van der Waals surface area contributed by atoms with Crippen molar-refractivity contribution in [3.63, 3.8) is 0 Å². The lowest BCUT2D eigenvalue weighted by Gasteiger charge is -2.34. The number of rotatable bonds is 6. The Kier molecular flexibility index (Phi) is 6.25. The quantitative estimate of drug-likeness (QED) is 0.792. The lowest BCUT2D eigenvalue weighted by atomic mass is 10.1. The predicted octanol–water partition coefficient (Wildman–Crippen LogP) is 2.35. The van der Waals surface area contributed by atoms with Crippen molar-refractivity contribution in [2.75, 3.05) is 53.0 Å². The summed E-state index contributed by atoms with van der Waals surface area (Å²) in [6.45, 7) is 9.82. The van der Waals surface area contributed by atoms with Crippen LogP contribution in [0.5, 0.6) is 0 Å². The van der Waals surface area contributed by atoms with Crippen LogP contribution in [0.2, 0.25) is 0 Å². The fourth-order valence-electron chi connectivity index (χ4n) is 2.62. The summed E-state index contributed by atoms with van der Waals surface area (Å²) in [5, 5.41) is 0. The highest BCUT2D eigenvalue weighted by Gasteiger charge is 2.16. The van der Waals surface area contributed by atoms with Gasteiger partial charge < -0.3 is 4.74 Å². The van der Waals surface area contributed by atoms with E-state index in [1.54, 1.807) is 7.11 Å². The van der Waals surface area contributed by atoms with Crippen LogP contribution in [-0.2, 0) is 4.74 Å². The molecular formula is C17H26N2O. The Hall–Kier alpha value is -1.16. The summed E-state index contributed by atoms with van der Waals surface area (Å²) in [6, 6.07) is 10.6. The Balaban J connectivity index is 1.76. The minimum Gasteiger partial charge on any atom is -0.383 e. The minimum absolute atomic E-state index is 0.840. The normalized spacial score (nSPS) is 18.4. The average molecular weight is 274 g/mol. The van der Waals surface area contributed by atoms with Crippen molar-refractivity contribution in [1.29, 1.82) is 0 Å². The third-order valence-corrected chi connectivity index (χ3v) is 3.76. The molecule has 0 spiro atoms. The molecular weight excluding hydrogens is 248 g/mol. The molecule has 20 heavy (non-hydrogen) atoms. The first kappa shape index (κ1) is 15.2. The molecule has 3 heteroatoms. The smallest absolute Gasteiger partial charge is 0.0589 e. The first-order valence-corrected chi connectivity index (χ1v) is 7.44. The maximum Gasteiger partial charge on any atom is 0.0589 e. The minimum atomic E-state index is 0.840. The largest absolute Gasteiger partial charge is 0.383 e. The van der Waals surface area contributed by atoms with E-state index in [1.807, 2.05) is 0 Å². The van der Waals surface area contributed by atoms with Crippen molar-refractivity contribution < 1.29 is 4.74 Å². The average Bonchev–Trinajstić information content (AvgIpc) is 2.47. The van der Waals surface area contributed by atoms with Gasteiger partial charge in [-0.1, -0.05) is 42.0 Å². The van der Waals surface area contributed by atoms with Gasteiger partial charge in [-0.3, -0.25) is 9.80 Å². The first-order chi connectivity index (χ1) is 9.78.